The zero-order valence-corrected chi connectivity index (χ0v) is 15.8. The van der Waals surface area contributed by atoms with Crippen LogP contribution in [-0.4, -0.2) is 27.7 Å². The van der Waals surface area contributed by atoms with E-state index >= 15 is 0 Å². The summed E-state index contributed by atoms with van der Waals surface area (Å²) in [5.74, 6) is 0.708. The summed E-state index contributed by atoms with van der Waals surface area (Å²) in [6.45, 7) is 4.17. The lowest BCUT2D eigenvalue weighted by Crippen LogP contribution is -2.45. The Balaban J connectivity index is 1.92. The summed E-state index contributed by atoms with van der Waals surface area (Å²) in [5.41, 5.74) is -1.36. The Morgan fingerprint density at radius 2 is 2.18 bits per heavy atom. The number of nitrogens with one attached hydrogen (secondary N) is 1. The van der Waals surface area contributed by atoms with E-state index in [0.29, 0.717) is 36.6 Å². The molecule has 2 aromatic rings. The van der Waals surface area contributed by atoms with Gasteiger partial charge in [0, 0.05) is 24.7 Å². The van der Waals surface area contributed by atoms with E-state index in [2.05, 4.69) is 9.97 Å². The van der Waals surface area contributed by atoms with Crippen molar-refractivity contribution in [3.05, 3.63) is 47.0 Å². The number of nitrogens with zero attached hydrogens (tertiary/aromatic N) is 3. The first kappa shape index (κ1) is 20.2. The van der Waals surface area contributed by atoms with Crippen LogP contribution in [0, 0.1) is 18.3 Å². The summed E-state index contributed by atoms with van der Waals surface area (Å²) in [6, 6.07) is 5.29. The molecular formula is C20H23F3N4O. The molecule has 0 bridgehead atoms. The lowest BCUT2D eigenvalue weighted by molar-refractivity contribution is -0.137. The summed E-state index contributed by atoms with van der Waals surface area (Å²) >= 11 is 0. The zero-order chi connectivity index (χ0) is 20.5. The fraction of sp³-hybridized carbons (Fsp3) is 0.500. The molecule has 1 heterocycles. The number of hydrogen-bond donors (Lipinski definition) is 2. The van der Waals surface area contributed by atoms with Crippen molar-refractivity contribution >= 4 is 5.69 Å². The lowest BCUT2D eigenvalue weighted by atomic mass is 9.79. The van der Waals surface area contributed by atoms with E-state index in [1.807, 2.05) is 11.8 Å². The average Bonchev–Trinajstić information content (AvgIpc) is 3.09. The molecule has 1 aliphatic carbocycles. The van der Waals surface area contributed by atoms with Gasteiger partial charge in [-0.05, 0) is 51.3 Å². The molecule has 1 aliphatic rings. The number of imidazole rings is 1. The van der Waals surface area contributed by atoms with E-state index in [-0.39, 0.29) is 11.6 Å². The number of benzene rings is 1. The largest absolute Gasteiger partial charge is 0.417 e. The van der Waals surface area contributed by atoms with Crippen LogP contribution >= 0.6 is 0 Å². The number of nitriles is 1. The zero-order valence-electron chi connectivity index (χ0n) is 15.8. The predicted octanol–water partition coefficient (Wildman–Crippen LogP) is 4.27. The van der Waals surface area contributed by atoms with Crippen molar-refractivity contribution in [2.24, 2.45) is 0 Å². The van der Waals surface area contributed by atoms with Crippen LogP contribution < -0.4 is 4.90 Å². The highest BCUT2D eigenvalue weighted by Crippen LogP contribution is 2.40. The summed E-state index contributed by atoms with van der Waals surface area (Å²) in [5, 5.41) is 20.2. The monoisotopic (exact) mass is 392 g/mol. The highest BCUT2D eigenvalue weighted by Gasteiger charge is 2.40. The highest BCUT2D eigenvalue weighted by molar-refractivity contribution is 5.55. The Morgan fingerprint density at radius 1 is 1.43 bits per heavy atom. The number of H-pyrrole nitrogens is 1. The van der Waals surface area contributed by atoms with Gasteiger partial charge in [0.2, 0.25) is 0 Å². The van der Waals surface area contributed by atoms with Crippen molar-refractivity contribution in [1.29, 1.82) is 5.26 Å². The summed E-state index contributed by atoms with van der Waals surface area (Å²) < 4.78 is 40.1. The Labute approximate surface area is 161 Å². The van der Waals surface area contributed by atoms with E-state index in [4.69, 9.17) is 5.26 Å². The maximum absolute atomic E-state index is 13.4. The van der Waals surface area contributed by atoms with Gasteiger partial charge in [-0.1, -0.05) is 0 Å². The van der Waals surface area contributed by atoms with Crippen LogP contribution in [0.2, 0.25) is 0 Å². The number of anilines is 1. The van der Waals surface area contributed by atoms with Crippen molar-refractivity contribution in [3.63, 3.8) is 0 Å². The Bertz CT molecular complexity index is 886. The summed E-state index contributed by atoms with van der Waals surface area (Å²) in [7, 11) is 0. The molecule has 1 aromatic carbocycles. The quantitative estimate of drug-likeness (QED) is 0.815. The fourth-order valence-electron chi connectivity index (χ4n) is 4.09. The van der Waals surface area contributed by atoms with E-state index < -0.39 is 17.3 Å². The standard InChI is InChI=1S/C20H23F3N4O/c1-3-27(15-7-6-14(11-24)17(9-15)20(21,22)23)16-5-4-8-19(28,10-16)18-12-25-13(2)26-18/h6-7,9,12,16,28H,3-5,8,10H2,1-2H3,(H,25,26). The first-order valence-electron chi connectivity index (χ1n) is 9.30. The third kappa shape index (κ3) is 3.85. The number of halogens is 3. The van der Waals surface area contributed by atoms with E-state index in [1.165, 1.54) is 6.07 Å². The first-order valence-corrected chi connectivity index (χ1v) is 9.30. The molecule has 0 spiro atoms. The van der Waals surface area contributed by atoms with Crippen LogP contribution in [0.4, 0.5) is 18.9 Å². The number of aryl methyl sites for hydroxylation is 1. The van der Waals surface area contributed by atoms with Crippen molar-refractivity contribution in [2.45, 2.75) is 57.3 Å². The molecule has 5 nitrogen and oxygen atoms in total. The molecule has 2 N–H and O–H groups in total. The van der Waals surface area contributed by atoms with Crippen LogP contribution in [0.3, 0.4) is 0 Å². The van der Waals surface area contributed by atoms with Crippen LogP contribution in [0.15, 0.2) is 24.4 Å². The van der Waals surface area contributed by atoms with E-state index in [0.717, 1.165) is 18.9 Å². The number of aliphatic hydroxyl groups is 1. The van der Waals surface area contributed by atoms with Gasteiger partial charge in [-0.3, -0.25) is 0 Å². The Hall–Kier alpha value is -2.53. The third-order valence-corrected chi connectivity index (χ3v) is 5.45. The number of aromatic amines is 1. The molecule has 0 saturated heterocycles. The normalized spacial score (nSPS) is 22.7. The molecule has 0 aliphatic heterocycles. The van der Waals surface area contributed by atoms with Gasteiger partial charge in [0.1, 0.15) is 11.4 Å². The van der Waals surface area contributed by atoms with Crippen molar-refractivity contribution in [1.82, 2.24) is 9.97 Å². The minimum absolute atomic E-state index is 0.124. The maximum atomic E-state index is 13.4. The average molecular weight is 392 g/mol. The second kappa shape index (κ2) is 7.47. The third-order valence-electron chi connectivity index (χ3n) is 5.45. The topological polar surface area (TPSA) is 75.9 Å². The second-order valence-corrected chi connectivity index (χ2v) is 7.29. The first-order chi connectivity index (χ1) is 13.2. The highest BCUT2D eigenvalue weighted by atomic mass is 19.4. The van der Waals surface area contributed by atoms with Crippen LogP contribution in [0.5, 0.6) is 0 Å². The molecular weight excluding hydrogens is 369 g/mol. The molecule has 1 fully saturated rings. The van der Waals surface area contributed by atoms with Crippen molar-refractivity contribution < 1.29 is 18.3 Å². The Kier molecular flexibility index (Phi) is 5.39. The smallest absolute Gasteiger partial charge is 0.384 e. The predicted molar refractivity (Wildman–Crippen MR) is 98.7 cm³/mol. The SMILES string of the molecule is CCN(c1ccc(C#N)c(C(F)(F)F)c1)C1CCCC(O)(c2cnc(C)[nH]2)C1. The number of alkyl halides is 3. The molecule has 2 atom stereocenters. The van der Waals surface area contributed by atoms with Crippen LogP contribution in [0.1, 0.15) is 55.3 Å². The van der Waals surface area contributed by atoms with Gasteiger partial charge in [0.25, 0.3) is 0 Å². The van der Waals surface area contributed by atoms with E-state index in [9.17, 15) is 18.3 Å². The fourth-order valence-corrected chi connectivity index (χ4v) is 4.09. The summed E-state index contributed by atoms with van der Waals surface area (Å²) in [6.07, 6.45) is -0.491. The van der Waals surface area contributed by atoms with Crippen LogP contribution in [0.25, 0.3) is 0 Å². The van der Waals surface area contributed by atoms with Gasteiger partial charge in [-0.2, -0.15) is 18.4 Å². The molecule has 8 heteroatoms. The summed E-state index contributed by atoms with van der Waals surface area (Å²) in [4.78, 5) is 9.12. The molecule has 0 radical (unpaired) electrons. The molecule has 0 amide bonds. The number of hydrogen-bond acceptors (Lipinski definition) is 4. The van der Waals surface area contributed by atoms with Gasteiger partial charge in [0.15, 0.2) is 0 Å². The minimum atomic E-state index is -4.60. The van der Waals surface area contributed by atoms with Crippen molar-refractivity contribution in [3.8, 4) is 6.07 Å². The molecule has 2 unspecified atom stereocenters. The van der Waals surface area contributed by atoms with Gasteiger partial charge >= 0.3 is 6.18 Å². The minimum Gasteiger partial charge on any atom is -0.384 e. The molecule has 1 saturated carbocycles. The molecule has 1 aromatic heterocycles. The van der Waals surface area contributed by atoms with E-state index in [1.54, 1.807) is 25.3 Å². The molecule has 28 heavy (non-hydrogen) atoms. The second-order valence-electron chi connectivity index (χ2n) is 7.29. The van der Waals surface area contributed by atoms with Crippen LogP contribution in [-0.2, 0) is 11.8 Å². The van der Waals surface area contributed by atoms with Gasteiger partial charge in [-0.15, -0.1) is 0 Å². The van der Waals surface area contributed by atoms with Crippen molar-refractivity contribution in [2.75, 3.05) is 11.4 Å². The molecule has 3 rings (SSSR count). The van der Waals surface area contributed by atoms with Gasteiger partial charge < -0.3 is 15.0 Å². The van der Waals surface area contributed by atoms with Gasteiger partial charge in [-0.25, -0.2) is 4.98 Å². The maximum Gasteiger partial charge on any atom is 0.417 e. The number of aromatic nitrogens is 2. The Morgan fingerprint density at radius 3 is 2.75 bits per heavy atom. The van der Waals surface area contributed by atoms with Gasteiger partial charge in [0.05, 0.1) is 29.1 Å². The number of rotatable bonds is 4. The lowest BCUT2D eigenvalue weighted by Gasteiger charge is -2.42. The molecule has 150 valence electrons.